The monoisotopic (exact) mass is 502 g/mol. The van der Waals surface area contributed by atoms with Crippen LogP contribution in [-0.4, -0.2) is 17.6 Å². The highest BCUT2D eigenvalue weighted by Gasteiger charge is 2.24. The molecular weight excluding hydrogens is 483 g/mol. The summed E-state index contributed by atoms with van der Waals surface area (Å²) < 4.78 is 24.4. The van der Waals surface area contributed by atoms with Crippen LogP contribution in [0.4, 0.5) is 15.8 Å². The van der Waals surface area contributed by atoms with Gasteiger partial charge in [-0.05, 0) is 66.2 Å². The smallest absolute Gasteiger partial charge is 0.284 e. The van der Waals surface area contributed by atoms with Gasteiger partial charge in [-0.15, -0.1) is 0 Å². The fraction of sp³-hybridized carbons (Fsp3) is 0.0741. The van der Waals surface area contributed by atoms with Gasteiger partial charge in [-0.3, -0.25) is 14.9 Å². The van der Waals surface area contributed by atoms with E-state index in [0.29, 0.717) is 22.1 Å². The fourth-order valence-electron chi connectivity index (χ4n) is 3.77. The number of carbonyl (C=O) groups is 1. The minimum absolute atomic E-state index is 0.121. The van der Waals surface area contributed by atoms with Gasteiger partial charge in [0.15, 0.2) is 11.5 Å². The molecule has 0 radical (unpaired) electrons. The molecule has 0 bridgehead atoms. The molecule has 0 N–H and O–H groups in total. The third-order valence-electron chi connectivity index (χ3n) is 5.53. The standard InChI is InChI=1S/C27H19FN2O5S/c28-20-8-10-21(11-9-20)29(16-18-6-12-24-25(14-18)35-17-34-24)27(31)19-7-13-26(23(15-19)30(32)33)36-22-4-2-1-3-5-22/h1-15H,16-17H2. The Kier molecular flexibility index (Phi) is 6.55. The second kappa shape index (κ2) is 10.1. The number of ether oxygens (including phenoxy) is 2. The Balaban J connectivity index is 1.49. The molecule has 0 aromatic heterocycles. The first-order valence-electron chi connectivity index (χ1n) is 11.0. The highest BCUT2D eigenvalue weighted by atomic mass is 32.2. The lowest BCUT2D eigenvalue weighted by molar-refractivity contribution is -0.387. The molecule has 0 saturated heterocycles. The summed E-state index contributed by atoms with van der Waals surface area (Å²) in [6, 6.07) is 24.5. The van der Waals surface area contributed by atoms with E-state index in [2.05, 4.69) is 0 Å². The van der Waals surface area contributed by atoms with Crippen LogP contribution in [0.2, 0.25) is 0 Å². The quantitative estimate of drug-likeness (QED) is 0.213. The zero-order chi connectivity index (χ0) is 25.1. The second-order valence-corrected chi connectivity index (χ2v) is 9.03. The summed E-state index contributed by atoms with van der Waals surface area (Å²) in [5.74, 6) is 0.281. The number of nitro benzene ring substituents is 1. The molecule has 180 valence electrons. The summed E-state index contributed by atoms with van der Waals surface area (Å²) >= 11 is 1.25. The highest BCUT2D eigenvalue weighted by molar-refractivity contribution is 7.99. The molecule has 1 aliphatic rings. The van der Waals surface area contributed by atoms with Gasteiger partial charge in [0.05, 0.1) is 16.4 Å². The van der Waals surface area contributed by atoms with Crippen LogP contribution in [0.1, 0.15) is 15.9 Å². The zero-order valence-electron chi connectivity index (χ0n) is 18.8. The molecule has 7 nitrogen and oxygen atoms in total. The predicted molar refractivity (Wildman–Crippen MR) is 133 cm³/mol. The number of benzene rings is 4. The van der Waals surface area contributed by atoms with E-state index < -0.39 is 16.6 Å². The number of rotatable bonds is 7. The molecule has 1 heterocycles. The van der Waals surface area contributed by atoms with Crippen LogP contribution in [0, 0.1) is 15.9 Å². The van der Waals surface area contributed by atoms with Crippen molar-refractivity contribution in [2.45, 2.75) is 16.3 Å². The first-order valence-corrected chi connectivity index (χ1v) is 11.8. The molecule has 36 heavy (non-hydrogen) atoms. The third-order valence-corrected chi connectivity index (χ3v) is 6.61. The fourth-order valence-corrected chi connectivity index (χ4v) is 4.70. The highest BCUT2D eigenvalue weighted by Crippen LogP contribution is 2.36. The third kappa shape index (κ3) is 5.01. The van der Waals surface area contributed by atoms with E-state index in [1.54, 1.807) is 30.3 Å². The van der Waals surface area contributed by atoms with Crippen LogP contribution >= 0.6 is 11.8 Å². The van der Waals surface area contributed by atoms with Gasteiger partial charge in [-0.25, -0.2) is 4.39 Å². The molecule has 5 rings (SSSR count). The summed E-state index contributed by atoms with van der Waals surface area (Å²) in [5.41, 5.74) is 1.17. The average Bonchev–Trinajstić information content (AvgIpc) is 3.36. The average molecular weight is 503 g/mol. The molecule has 0 atom stereocenters. The van der Waals surface area contributed by atoms with Gasteiger partial charge in [0.2, 0.25) is 6.79 Å². The molecular formula is C27H19FN2O5S. The SMILES string of the molecule is O=C(c1ccc(Sc2ccccc2)c([N+](=O)[O-])c1)N(Cc1ccc2c(c1)OCO2)c1ccc(F)cc1. The van der Waals surface area contributed by atoms with Crippen molar-refractivity contribution in [3.05, 3.63) is 118 Å². The lowest BCUT2D eigenvalue weighted by Gasteiger charge is -2.23. The van der Waals surface area contributed by atoms with Crippen LogP contribution in [0.15, 0.2) is 101 Å². The number of fused-ring (bicyclic) bond motifs is 1. The Labute approximate surface area is 210 Å². The Hall–Kier alpha value is -4.37. The molecule has 4 aromatic rings. The van der Waals surface area contributed by atoms with Gasteiger partial charge in [-0.2, -0.15) is 0 Å². The van der Waals surface area contributed by atoms with E-state index in [9.17, 15) is 19.3 Å². The van der Waals surface area contributed by atoms with E-state index in [1.165, 1.54) is 47.0 Å². The summed E-state index contributed by atoms with van der Waals surface area (Å²) in [4.78, 5) is 27.7. The molecule has 0 unspecified atom stereocenters. The minimum atomic E-state index is -0.498. The Morgan fingerprint density at radius 2 is 1.69 bits per heavy atom. The lowest BCUT2D eigenvalue weighted by Crippen LogP contribution is -2.30. The van der Waals surface area contributed by atoms with Crippen molar-refractivity contribution in [3.8, 4) is 11.5 Å². The Bertz CT molecular complexity index is 1430. The molecule has 1 amide bonds. The van der Waals surface area contributed by atoms with Crippen molar-refractivity contribution < 1.29 is 23.6 Å². The molecule has 0 aliphatic carbocycles. The van der Waals surface area contributed by atoms with Gasteiger partial charge in [-0.1, -0.05) is 36.0 Å². The molecule has 0 saturated carbocycles. The van der Waals surface area contributed by atoms with Crippen LogP contribution in [0.5, 0.6) is 11.5 Å². The lowest BCUT2D eigenvalue weighted by atomic mass is 10.1. The predicted octanol–water partition coefficient (Wildman–Crippen LogP) is 6.46. The molecule has 1 aliphatic heterocycles. The van der Waals surface area contributed by atoms with Crippen molar-refractivity contribution in [1.82, 2.24) is 0 Å². The summed E-state index contributed by atoms with van der Waals surface area (Å²) in [6.45, 7) is 0.256. The molecule has 0 spiro atoms. The van der Waals surface area contributed by atoms with E-state index in [4.69, 9.17) is 9.47 Å². The number of nitro groups is 1. The number of carbonyl (C=O) groups excluding carboxylic acids is 1. The van der Waals surface area contributed by atoms with Gasteiger partial charge in [0, 0.05) is 22.2 Å². The Morgan fingerprint density at radius 1 is 0.944 bits per heavy atom. The first-order chi connectivity index (χ1) is 17.5. The van der Waals surface area contributed by atoms with Crippen molar-refractivity contribution in [2.24, 2.45) is 0 Å². The van der Waals surface area contributed by atoms with Gasteiger partial charge in [0.1, 0.15) is 5.82 Å². The maximum absolute atomic E-state index is 13.7. The largest absolute Gasteiger partial charge is 0.454 e. The first kappa shape index (κ1) is 23.4. The minimum Gasteiger partial charge on any atom is -0.454 e. The molecule has 0 fully saturated rings. The Morgan fingerprint density at radius 3 is 2.44 bits per heavy atom. The van der Waals surface area contributed by atoms with E-state index in [1.807, 2.05) is 30.3 Å². The number of halogens is 1. The van der Waals surface area contributed by atoms with Crippen molar-refractivity contribution >= 4 is 29.0 Å². The van der Waals surface area contributed by atoms with E-state index >= 15 is 0 Å². The van der Waals surface area contributed by atoms with Crippen LogP contribution in [-0.2, 0) is 6.54 Å². The normalized spacial score (nSPS) is 11.8. The maximum atomic E-state index is 13.7. The van der Waals surface area contributed by atoms with Gasteiger partial charge < -0.3 is 14.4 Å². The van der Waals surface area contributed by atoms with E-state index in [-0.39, 0.29) is 24.6 Å². The summed E-state index contributed by atoms with van der Waals surface area (Å²) in [5, 5.41) is 11.9. The second-order valence-electron chi connectivity index (χ2n) is 7.91. The van der Waals surface area contributed by atoms with Gasteiger partial charge >= 0.3 is 0 Å². The number of anilines is 1. The van der Waals surface area contributed by atoms with Crippen molar-refractivity contribution in [1.29, 1.82) is 0 Å². The molecule has 9 heteroatoms. The number of amides is 1. The van der Waals surface area contributed by atoms with Crippen molar-refractivity contribution in [3.63, 3.8) is 0 Å². The number of hydrogen-bond acceptors (Lipinski definition) is 6. The number of nitrogens with zero attached hydrogens (tertiary/aromatic N) is 2. The van der Waals surface area contributed by atoms with Crippen molar-refractivity contribution in [2.75, 3.05) is 11.7 Å². The number of hydrogen-bond donors (Lipinski definition) is 0. The molecule has 4 aromatic carbocycles. The van der Waals surface area contributed by atoms with Crippen LogP contribution in [0.25, 0.3) is 0 Å². The maximum Gasteiger partial charge on any atom is 0.284 e. The van der Waals surface area contributed by atoms with Crippen LogP contribution in [0.3, 0.4) is 0 Å². The topological polar surface area (TPSA) is 81.9 Å². The van der Waals surface area contributed by atoms with Gasteiger partial charge in [0.25, 0.3) is 11.6 Å². The van der Waals surface area contributed by atoms with E-state index in [0.717, 1.165) is 10.5 Å². The zero-order valence-corrected chi connectivity index (χ0v) is 19.6. The summed E-state index contributed by atoms with van der Waals surface area (Å²) in [7, 11) is 0. The van der Waals surface area contributed by atoms with Crippen LogP contribution < -0.4 is 14.4 Å². The summed E-state index contributed by atoms with van der Waals surface area (Å²) in [6.07, 6.45) is 0.